The Labute approximate surface area is 131 Å². The summed E-state index contributed by atoms with van der Waals surface area (Å²) in [6, 6.07) is 15.9. The molecule has 2 nitrogen and oxygen atoms in total. The maximum Gasteiger partial charge on any atom is 0.228 e. The number of alkyl halides is 1. The van der Waals surface area contributed by atoms with Crippen molar-refractivity contribution in [1.82, 2.24) is 0 Å². The summed E-state index contributed by atoms with van der Waals surface area (Å²) in [5, 5.41) is 0. The van der Waals surface area contributed by atoms with Crippen molar-refractivity contribution in [3.05, 3.63) is 59.7 Å². The van der Waals surface area contributed by atoms with Crippen LogP contribution in [0.15, 0.2) is 48.5 Å². The van der Waals surface area contributed by atoms with Crippen molar-refractivity contribution < 1.29 is 13.9 Å². The van der Waals surface area contributed by atoms with Gasteiger partial charge in [0.05, 0.1) is 7.11 Å². The molecule has 0 aliphatic carbocycles. The lowest BCUT2D eigenvalue weighted by atomic mass is 9.90. The van der Waals surface area contributed by atoms with E-state index >= 15 is 0 Å². The first kappa shape index (κ1) is 16.3. The van der Waals surface area contributed by atoms with E-state index in [9.17, 15) is 4.39 Å². The largest absolute Gasteiger partial charge is 0.497 e. The number of benzene rings is 2. The van der Waals surface area contributed by atoms with Crippen molar-refractivity contribution in [2.75, 3.05) is 14.0 Å². The normalized spacial score (nSPS) is 12.0. The number of ether oxygens (including phenoxy) is 2. The van der Waals surface area contributed by atoms with E-state index in [0.717, 1.165) is 25.0 Å². The Hall–Kier alpha value is -2.03. The summed E-state index contributed by atoms with van der Waals surface area (Å²) in [7, 11) is 1.68. The topological polar surface area (TPSA) is 18.5 Å². The Morgan fingerprint density at radius 2 is 1.68 bits per heavy atom. The van der Waals surface area contributed by atoms with Crippen molar-refractivity contribution >= 4 is 0 Å². The van der Waals surface area contributed by atoms with Gasteiger partial charge in [0.25, 0.3) is 0 Å². The highest BCUT2D eigenvalue weighted by Crippen LogP contribution is 2.22. The summed E-state index contributed by atoms with van der Waals surface area (Å²) in [4.78, 5) is 0. The predicted octanol–water partition coefficient (Wildman–Crippen LogP) is 4.81. The Morgan fingerprint density at radius 3 is 2.32 bits per heavy atom. The molecule has 0 saturated carbocycles. The standard InChI is InChI=1S/C19H23FO2/c1-3-15(11-16-7-9-18(21-2)10-8-16)12-17-5-4-6-19(13-17)22-14-20/h4-10,13,15H,3,11-12,14H2,1-2H3. The number of hydrogen-bond acceptors (Lipinski definition) is 2. The summed E-state index contributed by atoms with van der Waals surface area (Å²) in [5.41, 5.74) is 2.50. The summed E-state index contributed by atoms with van der Waals surface area (Å²) in [6.45, 7) is 1.42. The summed E-state index contributed by atoms with van der Waals surface area (Å²) in [6.07, 6.45) is 3.08. The lowest BCUT2D eigenvalue weighted by Crippen LogP contribution is -2.07. The zero-order valence-corrected chi connectivity index (χ0v) is 13.2. The van der Waals surface area contributed by atoms with Crippen molar-refractivity contribution in [2.45, 2.75) is 26.2 Å². The zero-order valence-electron chi connectivity index (χ0n) is 13.2. The number of rotatable bonds is 8. The molecule has 0 amide bonds. The summed E-state index contributed by atoms with van der Waals surface area (Å²) in [5.74, 6) is 2.03. The van der Waals surface area contributed by atoms with Gasteiger partial charge in [0.1, 0.15) is 11.5 Å². The second-order valence-electron chi connectivity index (χ2n) is 5.43. The van der Waals surface area contributed by atoms with Crippen LogP contribution in [0.5, 0.6) is 11.5 Å². The monoisotopic (exact) mass is 302 g/mol. The van der Waals surface area contributed by atoms with Gasteiger partial charge in [-0.3, -0.25) is 0 Å². The van der Waals surface area contributed by atoms with Gasteiger partial charge in [0, 0.05) is 0 Å². The van der Waals surface area contributed by atoms with Gasteiger partial charge >= 0.3 is 0 Å². The van der Waals surface area contributed by atoms with Gasteiger partial charge in [-0.1, -0.05) is 37.6 Å². The highest BCUT2D eigenvalue weighted by Gasteiger charge is 2.10. The third-order valence-corrected chi connectivity index (χ3v) is 3.90. The van der Waals surface area contributed by atoms with Crippen LogP contribution in [0.25, 0.3) is 0 Å². The van der Waals surface area contributed by atoms with Crippen LogP contribution in [-0.2, 0) is 12.8 Å². The van der Waals surface area contributed by atoms with E-state index < -0.39 is 6.86 Å². The molecule has 3 heteroatoms. The van der Waals surface area contributed by atoms with Gasteiger partial charge in [0.15, 0.2) is 0 Å². The highest BCUT2D eigenvalue weighted by atomic mass is 19.1. The van der Waals surface area contributed by atoms with Crippen LogP contribution >= 0.6 is 0 Å². The van der Waals surface area contributed by atoms with E-state index in [2.05, 4.69) is 25.1 Å². The molecule has 22 heavy (non-hydrogen) atoms. The molecule has 118 valence electrons. The Kier molecular flexibility index (Phi) is 6.26. The zero-order chi connectivity index (χ0) is 15.8. The summed E-state index contributed by atoms with van der Waals surface area (Å²) < 4.78 is 22.4. The van der Waals surface area contributed by atoms with E-state index in [1.807, 2.05) is 24.3 Å². The van der Waals surface area contributed by atoms with Crippen LogP contribution in [0.2, 0.25) is 0 Å². The molecule has 1 atom stereocenters. The summed E-state index contributed by atoms with van der Waals surface area (Å²) >= 11 is 0. The van der Waals surface area contributed by atoms with Crippen LogP contribution in [0, 0.1) is 5.92 Å². The second-order valence-corrected chi connectivity index (χ2v) is 5.43. The average molecular weight is 302 g/mol. The molecule has 0 aromatic heterocycles. The van der Waals surface area contributed by atoms with Gasteiger partial charge in [-0.2, -0.15) is 0 Å². The minimum absolute atomic E-state index is 0.550. The molecule has 0 heterocycles. The fourth-order valence-electron chi connectivity index (χ4n) is 2.61. The molecule has 0 fully saturated rings. The van der Waals surface area contributed by atoms with E-state index in [-0.39, 0.29) is 0 Å². The molecule has 2 aromatic rings. The molecule has 0 radical (unpaired) electrons. The van der Waals surface area contributed by atoms with Crippen LogP contribution in [0.4, 0.5) is 4.39 Å². The van der Waals surface area contributed by atoms with E-state index in [1.54, 1.807) is 13.2 Å². The average Bonchev–Trinajstić information content (AvgIpc) is 2.55. The molecule has 0 N–H and O–H groups in total. The minimum Gasteiger partial charge on any atom is -0.497 e. The smallest absolute Gasteiger partial charge is 0.228 e. The second kappa shape index (κ2) is 8.42. The van der Waals surface area contributed by atoms with E-state index in [4.69, 9.17) is 9.47 Å². The van der Waals surface area contributed by atoms with Crippen molar-refractivity contribution in [1.29, 1.82) is 0 Å². The molecule has 1 unspecified atom stereocenters. The van der Waals surface area contributed by atoms with Gasteiger partial charge in [0.2, 0.25) is 6.86 Å². The molecule has 2 rings (SSSR count). The minimum atomic E-state index is -0.785. The highest BCUT2D eigenvalue weighted by molar-refractivity contribution is 5.30. The molecular weight excluding hydrogens is 279 g/mol. The van der Waals surface area contributed by atoms with Crippen LogP contribution < -0.4 is 9.47 Å². The molecule has 2 aromatic carbocycles. The molecule has 0 spiro atoms. The fourth-order valence-corrected chi connectivity index (χ4v) is 2.61. The maximum absolute atomic E-state index is 12.3. The van der Waals surface area contributed by atoms with Gasteiger partial charge < -0.3 is 9.47 Å². The first-order valence-corrected chi connectivity index (χ1v) is 7.65. The van der Waals surface area contributed by atoms with Gasteiger partial charge in [-0.25, -0.2) is 4.39 Å². The van der Waals surface area contributed by atoms with Crippen LogP contribution in [0.3, 0.4) is 0 Å². The van der Waals surface area contributed by atoms with Gasteiger partial charge in [-0.15, -0.1) is 0 Å². The van der Waals surface area contributed by atoms with Crippen molar-refractivity contribution in [2.24, 2.45) is 5.92 Å². The molecule has 0 bridgehead atoms. The van der Waals surface area contributed by atoms with Crippen LogP contribution in [0.1, 0.15) is 24.5 Å². The first-order chi connectivity index (χ1) is 10.7. The quantitative estimate of drug-likeness (QED) is 0.696. The molecular formula is C19H23FO2. The number of methoxy groups -OCH3 is 1. The Bertz CT molecular complexity index is 566. The van der Waals surface area contributed by atoms with Crippen molar-refractivity contribution in [3.63, 3.8) is 0 Å². The third kappa shape index (κ3) is 4.76. The third-order valence-electron chi connectivity index (χ3n) is 3.90. The number of hydrogen-bond donors (Lipinski definition) is 0. The van der Waals surface area contributed by atoms with Gasteiger partial charge in [-0.05, 0) is 54.2 Å². The Balaban J connectivity index is 2.00. The molecule has 0 saturated heterocycles. The van der Waals surface area contributed by atoms with E-state index in [1.165, 1.54) is 11.1 Å². The van der Waals surface area contributed by atoms with Crippen molar-refractivity contribution in [3.8, 4) is 11.5 Å². The predicted molar refractivity (Wildman–Crippen MR) is 87.2 cm³/mol. The van der Waals surface area contributed by atoms with Crippen LogP contribution in [-0.4, -0.2) is 14.0 Å². The first-order valence-electron chi connectivity index (χ1n) is 7.65. The number of halogens is 1. The molecule has 0 aliphatic rings. The fraction of sp³-hybridized carbons (Fsp3) is 0.368. The molecule has 0 aliphatic heterocycles. The SMILES string of the molecule is CCC(Cc1ccc(OC)cc1)Cc1cccc(OCF)c1. The Morgan fingerprint density at radius 1 is 0.955 bits per heavy atom. The maximum atomic E-state index is 12.3. The lowest BCUT2D eigenvalue weighted by Gasteiger charge is -2.16. The van der Waals surface area contributed by atoms with E-state index in [0.29, 0.717) is 11.7 Å². The lowest BCUT2D eigenvalue weighted by molar-refractivity contribution is 0.191.